The molecule has 0 radical (unpaired) electrons. The van der Waals surface area contributed by atoms with Crippen LogP contribution in [0.15, 0.2) is 77.7 Å². The molecule has 3 aromatic carbocycles. The molecule has 0 bridgehead atoms. The van der Waals surface area contributed by atoms with Crippen molar-refractivity contribution < 1.29 is 4.79 Å². The standard InChI is InChI=1S/C22H19Cl2NOS2/c23-20-7-4-8-21(24)19(20)14-27-15-22(26)25-17-11-9-16(10-12-17)13-28-18-5-2-1-3-6-18/h1-12H,13-15H2,(H,25,26). The summed E-state index contributed by atoms with van der Waals surface area (Å²) in [6, 6.07) is 23.7. The third kappa shape index (κ3) is 6.49. The molecule has 0 spiro atoms. The van der Waals surface area contributed by atoms with Gasteiger partial charge in [0.2, 0.25) is 5.91 Å². The van der Waals surface area contributed by atoms with Crippen LogP contribution in [0.25, 0.3) is 0 Å². The van der Waals surface area contributed by atoms with E-state index in [1.165, 1.54) is 22.2 Å². The summed E-state index contributed by atoms with van der Waals surface area (Å²) in [6.45, 7) is 0. The van der Waals surface area contributed by atoms with Crippen molar-refractivity contribution in [2.75, 3.05) is 11.1 Å². The van der Waals surface area contributed by atoms with Gasteiger partial charge in [-0.15, -0.1) is 23.5 Å². The number of hydrogen-bond donors (Lipinski definition) is 1. The van der Waals surface area contributed by atoms with E-state index in [1.54, 1.807) is 23.9 Å². The highest BCUT2D eigenvalue weighted by atomic mass is 35.5. The van der Waals surface area contributed by atoms with Crippen molar-refractivity contribution in [3.63, 3.8) is 0 Å². The molecule has 0 aliphatic heterocycles. The van der Waals surface area contributed by atoms with Crippen molar-refractivity contribution in [2.24, 2.45) is 0 Å². The fourth-order valence-corrected chi connectivity index (χ4v) is 4.92. The maximum Gasteiger partial charge on any atom is 0.234 e. The molecule has 1 N–H and O–H groups in total. The zero-order valence-electron chi connectivity index (χ0n) is 15.0. The van der Waals surface area contributed by atoms with E-state index in [1.807, 2.05) is 48.5 Å². The monoisotopic (exact) mass is 447 g/mol. The van der Waals surface area contributed by atoms with Crippen molar-refractivity contribution in [3.05, 3.63) is 94.0 Å². The fraction of sp³-hybridized carbons (Fsp3) is 0.136. The molecule has 3 aromatic rings. The van der Waals surface area contributed by atoms with Crippen LogP contribution in [0.1, 0.15) is 11.1 Å². The van der Waals surface area contributed by atoms with Gasteiger partial charge in [0.1, 0.15) is 0 Å². The number of benzene rings is 3. The summed E-state index contributed by atoms with van der Waals surface area (Å²) in [5.74, 6) is 1.79. The lowest BCUT2D eigenvalue weighted by molar-refractivity contribution is -0.113. The first-order valence-electron chi connectivity index (χ1n) is 8.69. The highest BCUT2D eigenvalue weighted by Crippen LogP contribution is 2.28. The van der Waals surface area contributed by atoms with E-state index in [-0.39, 0.29) is 5.91 Å². The minimum atomic E-state index is -0.0420. The molecule has 28 heavy (non-hydrogen) atoms. The number of nitrogens with one attached hydrogen (secondary N) is 1. The topological polar surface area (TPSA) is 29.1 Å². The van der Waals surface area contributed by atoms with Gasteiger partial charge in [-0.25, -0.2) is 0 Å². The summed E-state index contributed by atoms with van der Waals surface area (Å²) < 4.78 is 0. The predicted octanol–water partition coefficient (Wildman–Crippen LogP) is 7.16. The van der Waals surface area contributed by atoms with Gasteiger partial charge in [-0.3, -0.25) is 4.79 Å². The van der Waals surface area contributed by atoms with Gasteiger partial charge in [-0.05, 0) is 47.5 Å². The van der Waals surface area contributed by atoms with Gasteiger partial charge in [-0.2, -0.15) is 0 Å². The van der Waals surface area contributed by atoms with Crippen LogP contribution in [0.5, 0.6) is 0 Å². The second kappa shape index (κ2) is 10.8. The summed E-state index contributed by atoms with van der Waals surface area (Å²) in [7, 11) is 0. The van der Waals surface area contributed by atoms with Crippen molar-refractivity contribution in [2.45, 2.75) is 16.4 Å². The first-order chi connectivity index (χ1) is 13.6. The summed E-state index contributed by atoms with van der Waals surface area (Å²) >= 11 is 15.6. The maximum absolute atomic E-state index is 12.2. The molecule has 0 saturated heterocycles. The Morgan fingerprint density at radius 2 is 1.50 bits per heavy atom. The van der Waals surface area contributed by atoms with Gasteiger partial charge in [0, 0.05) is 32.1 Å². The Balaban J connectivity index is 1.44. The molecule has 6 heteroatoms. The number of halogens is 2. The molecule has 0 aliphatic rings. The molecule has 1 amide bonds. The molecule has 0 fully saturated rings. The zero-order chi connectivity index (χ0) is 19.8. The Morgan fingerprint density at radius 1 is 0.821 bits per heavy atom. The van der Waals surface area contributed by atoms with Gasteiger partial charge < -0.3 is 5.32 Å². The maximum atomic E-state index is 12.2. The third-order valence-corrected chi connectivity index (χ3v) is 6.68. The van der Waals surface area contributed by atoms with Crippen LogP contribution in [-0.4, -0.2) is 11.7 Å². The van der Waals surface area contributed by atoms with Gasteiger partial charge in [0.15, 0.2) is 0 Å². The number of rotatable bonds is 8. The molecule has 0 atom stereocenters. The average Bonchev–Trinajstić information content (AvgIpc) is 2.70. The minimum absolute atomic E-state index is 0.0420. The highest BCUT2D eigenvalue weighted by molar-refractivity contribution is 7.99. The van der Waals surface area contributed by atoms with Crippen molar-refractivity contribution >= 4 is 58.3 Å². The second-order valence-electron chi connectivity index (χ2n) is 6.04. The van der Waals surface area contributed by atoms with Crippen LogP contribution in [0.3, 0.4) is 0 Å². The second-order valence-corrected chi connectivity index (χ2v) is 8.89. The smallest absolute Gasteiger partial charge is 0.234 e. The Bertz CT molecular complexity index is 897. The lowest BCUT2D eigenvalue weighted by atomic mass is 10.2. The molecule has 0 aliphatic carbocycles. The lowest BCUT2D eigenvalue weighted by Crippen LogP contribution is -2.14. The van der Waals surface area contributed by atoms with Crippen LogP contribution in [-0.2, 0) is 16.3 Å². The Morgan fingerprint density at radius 3 is 2.18 bits per heavy atom. The third-order valence-electron chi connectivity index (χ3n) is 3.93. The first kappa shape index (κ1) is 21.1. The number of carbonyl (C=O) groups excluding carboxylic acids is 1. The Kier molecular flexibility index (Phi) is 8.16. The molecular formula is C22H19Cl2NOS2. The summed E-state index contributed by atoms with van der Waals surface area (Å²) in [5, 5.41) is 4.18. The minimum Gasteiger partial charge on any atom is -0.325 e. The van der Waals surface area contributed by atoms with Crippen molar-refractivity contribution in [1.29, 1.82) is 0 Å². The zero-order valence-corrected chi connectivity index (χ0v) is 18.2. The Hall–Kier alpha value is -1.59. The number of amides is 1. The van der Waals surface area contributed by atoms with Crippen molar-refractivity contribution in [3.8, 4) is 0 Å². The van der Waals surface area contributed by atoms with Crippen molar-refractivity contribution in [1.82, 2.24) is 0 Å². The molecular weight excluding hydrogens is 429 g/mol. The van der Waals surface area contributed by atoms with E-state index >= 15 is 0 Å². The van der Waals surface area contributed by atoms with E-state index in [2.05, 4.69) is 17.4 Å². The van der Waals surface area contributed by atoms with Gasteiger partial charge in [0.05, 0.1) is 5.75 Å². The average molecular weight is 448 g/mol. The fourth-order valence-electron chi connectivity index (χ4n) is 2.48. The van der Waals surface area contributed by atoms with Crippen LogP contribution in [0.2, 0.25) is 10.0 Å². The van der Waals surface area contributed by atoms with E-state index < -0.39 is 0 Å². The SMILES string of the molecule is O=C(CSCc1c(Cl)cccc1Cl)Nc1ccc(CSc2ccccc2)cc1. The quantitative estimate of drug-likeness (QED) is 0.371. The van der Waals surface area contributed by atoms with Gasteiger partial charge >= 0.3 is 0 Å². The number of anilines is 1. The molecule has 3 rings (SSSR count). The molecule has 0 aromatic heterocycles. The van der Waals surface area contributed by atoms with E-state index in [0.717, 1.165) is 17.0 Å². The molecule has 0 unspecified atom stereocenters. The summed E-state index contributed by atoms with van der Waals surface area (Å²) in [6.07, 6.45) is 0. The molecule has 144 valence electrons. The van der Waals surface area contributed by atoms with E-state index in [0.29, 0.717) is 21.6 Å². The van der Waals surface area contributed by atoms with Gasteiger partial charge in [-0.1, -0.05) is 59.6 Å². The van der Waals surface area contributed by atoms with Crippen LogP contribution in [0.4, 0.5) is 5.69 Å². The van der Waals surface area contributed by atoms with Crippen LogP contribution in [0, 0.1) is 0 Å². The largest absolute Gasteiger partial charge is 0.325 e. The summed E-state index contributed by atoms with van der Waals surface area (Å²) in [4.78, 5) is 13.4. The number of thioether (sulfide) groups is 2. The number of hydrogen-bond acceptors (Lipinski definition) is 3. The first-order valence-corrected chi connectivity index (χ1v) is 11.6. The Labute approximate surface area is 184 Å². The number of carbonyl (C=O) groups is 1. The van der Waals surface area contributed by atoms with E-state index in [4.69, 9.17) is 23.2 Å². The lowest BCUT2D eigenvalue weighted by Gasteiger charge is -2.08. The molecule has 0 saturated carbocycles. The van der Waals surface area contributed by atoms with Crippen LogP contribution >= 0.6 is 46.7 Å². The summed E-state index contributed by atoms with van der Waals surface area (Å²) in [5.41, 5.74) is 2.88. The van der Waals surface area contributed by atoms with E-state index in [9.17, 15) is 4.79 Å². The molecule has 0 heterocycles. The normalized spacial score (nSPS) is 10.6. The molecule has 2 nitrogen and oxygen atoms in total. The van der Waals surface area contributed by atoms with Gasteiger partial charge in [0.25, 0.3) is 0 Å². The van der Waals surface area contributed by atoms with Crippen LogP contribution < -0.4 is 5.32 Å². The highest BCUT2D eigenvalue weighted by Gasteiger charge is 2.08. The predicted molar refractivity (Wildman–Crippen MR) is 124 cm³/mol.